The van der Waals surface area contributed by atoms with Gasteiger partial charge in [-0.25, -0.2) is 0 Å². The van der Waals surface area contributed by atoms with Crippen LogP contribution in [0.25, 0.3) is 0 Å². The molecule has 3 nitrogen and oxygen atoms in total. The van der Waals surface area contributed by atoms with Gasteiger partial charge in [0.05, 0.1) is 6.10 Å². The second-order valence-electron chi connectivity index (χ2n) is 4.84. The van der Waals surface area contributed by atoms with E-state index in [1.807, 2.05) is 12.1 Å². The number of hydrogen-bond acceptors (Lipinski definition) is 3. The molecule has 0 saturated carbocycles. The summed E-state index contributed by atoms with van der Waals surface area (Å²) in [5, 5.41) is 0. The zero-order valence-electron chi connectivity index (χ0n) is 12.0. The minimum atomic E-state index is 0.147. The third kappa shape index (κ3) is 5.93. The highest BCUT2D eigenvalue weighted by molar-refractivity contribution is 9.10. The van der Waals surface area contributed by atoms with E-state index in [0.717, 1.165) is 29.5 Å². The van der Waals surface area contributed by atoms with E-state index in [0.29, 0.717) is 6.61 Å². The van der Waals surface area contributed by atoms with Gasteiger partial charge in [-0.1, -0.05) is 22.9 Å². The Kier molecular flexibility index (Phi) is 7.42. The fraction of sp³-hybridized carbons (Fsp3) is 0.600. The minimum Gasteiger partial charge on any atom is -0.491 e. The Labute approximate surface area is 124 Å². The average Bonchev–Trinajstić information content (AvgIpc) is 2.40. The molecule has 4 heteroatoms. The highest BCUT2D eigenvalue weighted by Gasteiger charge is 2.09. The van der Waals surface area contributed by atoms with Gasteiger partial charge in [-0.05, 0) is 43.5 Å². The molecule has 0 aliphatic heterocycles. The Bertz CT molecular complexity index is 384. The van der Waals surface area contributed by atoms with Gasteiger partial charge < -0.3 is 15.2 Å². The van der Waals surface area contributed by atoms with Crippen LogP contribution >= 0.6 is 15.9 Å². The molecule has 0 fully saturated rings. The summed E-state index contributed by atoms with van der Waals surface area (Å²) < 4.78 is 12.0. The number of rotatable bonds is 8. The van der Waals surface area contributed by atoms with Crippen molar-refractivity contribution in [2.45, 2.75) is 45.3 Å². The van der Waals surface area contributed by atoms with E-state index in [1.54, 1.807) is 7.11 Å². The van der Waals surface area contributed by atoms with Gasteiger partial charge in [-0.3, -0.25) is 0 Å². The van der Waals surface area contributed by atoms with Crippen molar-refractivity contribution in [3.05, 3.63) is 28.2 Å². The van der Waals surface area contributed by atoms with Crippen LogP contribution in [0.1, 0.15) is 32.3 Å². The van der Waals surface area contributed by atoms with Gasteiger partial charge in [0.15, 0.2) is 0 Å². The van der Waals surface area contributed by atoms with Crippen molar-refractivity contribution in [2.24, 2.45) is 5.73 Å². The minimum absolute atomic E-state index is 0.147. The molecule has 1 aromatic rings. The second-order valence-corrected chi connectivity index (χ2v) is 5.69. The summed E-state index contributed by atoms with van der Waals surface area (Å²) in [6, 6.07) is 6.27. The van der Waals surface area contributed by atoms with E-state index in [2.05, 4.69) is 35.8 Å². The maximum Gasteiger partial charge on any atom is 0.120 e. The molecular formula is C15H24BrNO2. The van der Waals surface area contributed by atoms with Crippen LogP contribution in [0.5, 0.6) is 5.75 Å². The molecular weight excluding hydrogens is 306 g/mol. The summed E-state index contributed by atoms with van der Waals surface area (Å²) in [5.41, 5.74) is 7.21. The molecule has 0 bridgehead atoms. The van der Waals surface area contributed by atoms with Crippen molar-refractivity contribution in [3.63, 3.8) is 0 Å². The Balaban J connectivity index is 2.67. The van der Waals surface area contributed by atoms with E-state index < -0.39 is 0 Å². The molecule has 0 aliphatic carbocycles. The summed E-state index contributed by atoms with van der Waals surface area (Å²) in [4.78, 5) is 0. The standard InChI is InChI=1S/C15H24BrNO2/c1-4-13(17)9-12-10-14(5-6-15(12)16)19-11(2)7-8-18-3/h5-6,10-11,13H,4,7-9,17H2,1-3H3. The van der Waals surface area contributed by atoms with Crippen LogP contribution in [0, 0.1) is 0 Å². The SMILES string of the molecule is CCC(N)Cc1cc(OC(C)CCOC)ccc1Br. The van der Waals surface area contributed by atoms with E-state index >= 15 is 0 Å². The van der Waals surface area contributed by atoms with Crippen molar-refractivity contribution in [1.82, 2.24) is 0 Å². The fourth-order valence-electron chi connectivity index (χ4n) is 1.78. The molecule has 0 radical (unpaired) electrons. The molecule has 0 aromatic heterocycles. The number of benzene rings is 1. The van der Waals surface area contributed by atoms with Gasteiger partial charge in [0, 0.05) is 30.7 Å². The number of nitrogens with two attached hydrogens (primary N) is 1. The lowest BCUT2D eigenvalue weighted by Gasteiger charge is -2.16. The molecule has 0 saturated heterocycles. The lowest BCUT2D eigenvalue weighted by Crippen LogP contribution is -2.21. The van der Waals surface area contributed by atoms with E-state index in [9.17, 15) is 0 Å². The third-order valence-corrected chi connectivity index (χ3v) is 3.86. The molecule has 108 valence electrons. The molecule has 0 spiro atoms. The van der Waals surface area contributed by atoms with Crippen molar-refractivity contribution in [3.8, 4) is 5.75 Å². The topological polar surface area (TPSA) is 44.5 Å². The lowest BCUT2D eigenvalue weighted by atomic mass is 10.0. The normalized spacial score (nSPS) is 14.2. The van der Waals surface area contributed by atoms with Crippen molar-refractivity contribution < 1.29 is 9.47 Å². The summed E-state index contributed by atoms with van der Waals surface area (Å²) in [7, 11) is 1.70. The quantitative estimate of drug-likeness (QED) is 0.793. The zero-order chi connectivity index (χ0) is 14.3. The van der Waals surface area contributed by atoms with Gasteiger partial charge >= 0.3 is 0 Å². The van der Waals surface area contributed by atoms with Crippen LogP contribution in [-0.2, 0) is 11.2 Å². The van der Waals surface area contributed by atoms with Crippen LogP contribution in [-0.4, -0.2) is 25.9 Å². The van der Waals surface area contributed by atoms with Crippen LogP contribution < -0.4 is 10.5 Å². The largest absolute Gasteiger partial charge is 0.491 e. The predicted molar refractivity (Wildman–Crippen MR) is 82.7 cm³/mol. The fourth-order valence-corrected chi connectivity index (χ4v) is 2.19. The number of ether oxygens (including phenoxy) is 2. The summed E-state index contributed by atoms with van der Waals surface area (Å²) in [5.74, 6) is 0.894. The predicted octanol–water partition coefficient (Wildman–Crippen LogP) is 3.53. The van der Waals surface area contributed by atoms with Crippen LogP contribution in [0.4, 0.5) is 0 Å². The van der Waals surface area contributed by atoms with Crippen LogP contribution in [0.3, 0.4) is 0 Å². The van der Waals surface area contributed by atoms with Gasteiger partial charge in [0.25, 0.3) is 0 Å². The van der Waals surface area contributed by atoms with Crippen molar-refractivity contribution >= 4 is 15.9 Å². The molecule has 19 heavy (non-hydrogen) atoms. The molecule has 1 rings (SSSR count). The number of halogens is 1. The summed E-state index contributed by atoms with van der Waals surface area (Å²) in [6.45, 7) is 4.87. The smallest absolute Gasteiger partial charge is 0.120 e. The van der Waals surface area contributed by atoms with Gasteiger partial charge in [0.1, 0.15) is 5.75 Å². The van der Waals surface area contributed by atoms with Gasteiger partial charge in [-0.2, -0.15) is 0 Å². The van der Waals surface area contributed by atoms with Crippen molar-refractivity contribution in [1.29, 1.82) is 0 Å². The Morgan fingerprint density at radius 2 is 2.11 bits per heavy atom. The molecule has 2 atom stereocenters. The van der Waals surface area contributed by atoms with Gasteiger partial charge in [0.2, 0.25) is 0 Å². The first kappa shape index (κ1) is 16.5. The molecule has 0 heterocycles. The molecule has 2 N–H and O–H groups in total. The Morgan fingerprint density at radius 3 is 2.74 bits per heavy atom. The number of methoxy groups -OCH3 is 1. The summed E-state index contributed by atoms with van der Waals surface area (Å²) >= 11 is 3.57. The zero-order valence-corrected chi connectivity index (χ0v) is 13.6. The molecule has 2 unspecified atom stereocenters. The second kappa shape index (κ2) is 8.56. The highest BCUT2D eigenvalue weighted by atomic mass is 79.9. The molecule has 0 amide bonds. The van der Waals surface area contributed by atoms with Gasteiger partial charge in [-0.15, -0.1) is 0 Å². The maximum atomic E-state index is 6.01. The van der Waals surface area contributed by atoms with Crippen LogP contribution in [0.2, 0.25) is 0 Å². The first-order valence-electron chi connectivity index (χ1n) is 6.76. The average molecular weight is 330 g/mol. The Morgan fingerprint density at radius 1 is 1.37 bits per heavy atom. The monoisotopic (exact) mass is 329 g/mol. The molecule has 1 aromatic carbocycles. The first-order valence-corrected chi connectivity index (χ1v) is 7.55. The number of hydrogen-bond donors (Lipinski definition) is 1. The van der Waals surface area contributed by atoms with Crippen molar-refractivity contribution in [2.75, 3.05) is 13.7 Å². The van der Waals surface area contributed by atoms with E-state index in [-0.39, 0.29) is 12.1 Å². The maximum absolute atomic E-state index is 6.01. The highest BCUT2D eigenvalue weighted by Crippen LogP contribution is 2.25. The third-order valence-electron chi connectivity index (χ3n) is 3.09. The lowest BCUT2D eigenvalue weighted by molar-refractivity contribution is 0.135. The van der Waals surface area contributed by atoms with Crippen LogP contribution in [0.15, 0.2) is 22.7 Å². The Hall–Kier alpha value is -0.580. The van der Waals surface area contributed by atoms with E-state index in [4.69, 9.17) is 15.2 Å². The van der Waals surface area contributed by atoms with E-state index in [1.165, 1.54) is 5.56 Å². The summed E-state index contributed by atoms with van der Waals surface area (Å²) in [6.07, 6.45) is 2.87. The molecule has 0 aliphatic rings. The first-order chi connectivity index (χ1) is 9.06.